The number of allylic oxidation sites excluding steroid dienone is 3. The lowest BCUT2D eigenvalue weighted by atomic mass is 9.68. The highest BCUT2D eigenvalue weighted by Crippen LogP contribution is 2.50. The van der Waals surface area contributed by atoms with Crippen LogP contribution < -0.4 is 10.6 Å². The number of Topliss-reactive ketones (excluding diaryl/α,β-unsaturated/α-hetero) is 1. The van der Waals surface area contributed by atoms with Crippen LogP contribution in [0.4, 0.5) is 11.4 Å². The quantitative estimate of drug-likeness (QED) is 0.510. The second-order valence-electron chi connectivity index (χ2n) is 8.81. The van der Waals surface area contributed by atoms with Crippen LogP contribution in [0.3, 0.4) is 0 Å². The number of carbonyl (C=O) groups is 1. The van der Waals surface area contributed by atoms with E-state index >= 15 is 0 Å². The second kappa shape index (κ2) is 7.81. The standard InChI is InChI=1S/C24H21ClN4O3/c1-24(2)11-19-22(20(30)12-24)21(14-4-3-5-17(10-14)29(31)32)18(13-26)23(27)28(19)16-8-6-15(25)7-9-16/h3-10,21H,11-12,27H2,1-2H3/t21-/m1/s1. The molecule has 0 unspecified atom stereocenters. The molecule has 1 heterocycles. The third-order valence-electron chi connectivity index (χ3n) is 5.88. The van der Waals surface area contributed by atoms with Gasteiger partial charge in [0.15, 0.2) is 5.78 Å². The molecule has 0 fully saturated rings. The zero-order valence-corrected chi connectivity index (χ0v) is 18.4. The largest absolute Gasteiger partial charge is 0.384 e. The third kappa shape index (κ3) is 3.63. The Morgan fingerprint density at radius 1 is 1.22 bits per heavy atom. The molecule has 1 aliphatic carbocycles. The summed E-state index contributed by atoms with van der Waals surface area (Å²) in [5.74, 6) is -0.649. The molecular weight excluding hydrogens is 428 g/mol. The van der Waals surface area contributed by atoms with Crippen LogP contribution in [-0.4, -0.2) is 10.7 Å². The number of carbonyl (C=O) groups excluding carboxylic acids is 1. The predicted molar refractivity (Wildman–Crippen MR) is 122 cm³/mol. The van der Waals surface area contributed by atoms with Crippen molar-refractivity contribution in [1.29, 1.82) is 5.26 Å². The average molecular weight is 449 g/mol. The fraction of sp³-hybridized carbons (Fsp3) is 0.250. The van der Waals surface area contributed by atoms with Gasteiger partial charge in [-0.3, -0.25) is 19.8 Å². The maximum absolute atomic E-state index is 13.4. The van der Waals surface area contributed by atoms with Crippen LogP contribution in [0.5, 0.6) is 0 Å². The van der Waals surface area contributed by atoms with Gasteiger partial charge in [-0.05, 0) is 41.7 Å². The van der Waals surface area contributed by atoms with Gasteiger partial charge in [0.05, 0.1) is 22.5 Å². The van der Waals surface area contributed by atoms with Crippen LogP contribution in [0.15, 0.2) is 71.2 Å². The van der Waals surface area contributed by atoms with Crippen LogP contribution >= 0.6 is 11.6 Å². The fourth-order valence-electron chi connectivity index (χ4n) is 4.55. The van der Waals surface area contributed by atoms with Crippen molar-refractivity contribution in [3.8, 4) is 6.07 Å². The number of ketones is 1. The Kier molecular flexibility index (Phi) is 5.27. The molecule has 8 heteroatoms. The first-order valence-corrected chi connectivity index (χ1v) is 10.5. The number of nitriles is 1. The van der Waals surface area contributed by atoms with Crippen molar-refractivity contribution >= 4 is 28.8 Å². The zero-order chi connectivity index (χ0) is 23.2. The molecule has 1 atom stereocenters. The van der Waals surface area contributed by atoms with Gasteiger partial charge in [-0.15, -0.1) is 0 Å². The highest BCUT2D eigenvalue weighted by molar-refractivity contribution is 6.30. The summed E-state index contributed by atoms with van der Waals surface area (Å²) in [6.45, 7) is 4.02. The van der Waals surface area contributed by atoms with Crippen molar-refractivity contribution in [3.63, 3.8) is 0 Å². The van der Waals surface area contributed by atoms with Gasteiger partial charge in [-0.1, -0.05) is 37.6 Å². The number of anilines is 1. The lowest BCUT2D eigenvalue weighted by molar-refractivity contribution is -0.384. The number of nitrogens with zero attached hydrogens (tertiary/aromatic N) is 3. The Morgan fingerprint density at radius 2 is 1.91 bits per heavy atom. The summed E-state index contributed by atoms with van der Waals surface area (Å²) in [5.41, 5.74) is 8.67. The molecule has 2 aliphatic rings. The molecule has 0 bridgehead atoms. The van der Waals surface area contributed by atoms with Gasteiger partial charge in [0, 0.05) is 40.5 Å². The van der Waals surface area contributed by atoms with Crippen molar-refractivity contribution in [2.45, 2.75) is 32.6 Å². The summed E-state index contributed by atoms with van der Waals surface area (Å²) < 4.78 is 0. The minimum absolute atomic E-state index is 0.0908. The van der Waals surface area contributed by atoms with Gasteiger partial charge in [0.2, 0.25) is 0 Å². The molecule has 0 saturated heterocycles. The highest BCUT2D eigenvalue weighted by Gasteiger charge is 2.44. The van der Waals surface area contributed by atoms with Crippen molar-refractivity contribution in [1.82, 2.24) is 0 Å². The Balaban J connectivity index is 1.99. The lowest BCUT2D eigenvalue weighted by Gasteiger charge is -2.43. The van der Waals surface area contributed by atoms with E-state index in [1.165, 1.54) is 12.1 Å². The van der Waals surface area contributed by atoms with E-state index in [-0.39, 0.29) is 28.3 Å². The van der Waals surface area contributed by atoms with Crippen molar-refractivity contribution in [3.05, 3.63) is 91.9 Å². The molecule has 0 aromatic heterocycles. The summed E-state index contributed by atoms with van der Waals surface area (Å²) in [7, 11) is 0. The molecule has 4 rings (SSSR count). The average Bonchev–Trinajstić information content (AvgIpc) is 2.73. The van der Waals surface area contributed by atoms with E-state index in [2.05, 4.69) is 6.07 Å². The Labute approximate surface area is 190 Å². The van der Waals surface area contributed by atoms with Crippen molar-refractivity contribution < 1.29 is 9.72 Å². The van der Waals surface area contributed by atoms with Gasteiger partial charge in [-0.2, -0.15) is 5.26 Å². The first-order chi connectivity index (χ1) is 15.1. The summed E-state index contributed by atoms with van der Waals surface area (Å²) in [6.07, 6.45) is 0.867. The van der Waals surface area contributed by atoms with Gasteiger partial charge >= 0.3 is 0 Å². The normalized spacial score (nSPS) is 20.1. The SMILES string of the molecule is CC1(C)CC(=O)C2=C(C1)N(c1ccc(Cl)cc1)C(N)=C(C#N)[C@H]2c1cccc([N+](=O)[O-])c1. The minimum atomic E-state index is -0.762. The third-order valence-corrected chi connectivity index (χ3v) is 6.13. The van der Waals surface area contributed by atoms with Gasteiger partial charge in [0.1, 0.15) is 5.82 Å². The molecule has 0 amide bonds. The monoisotopic (exact) mass is 448 g/mol. The predicted octanol–water partition coefficient (Wildman–Crippen LogP) is 5.19. The van der Waals surface area contributed by atoms with Crippen LogP contribution in [0.2, 0.25) is 5.02 Å². The molecule has 0 radical (unpaired) electrons. The van der Waals surface area contributed by atoms with Crippen LogP contribution in [0.1, 0.15) is 38.2 Å². The number of nitro benzene ring substituents is 1. The summed E-state index contributed by atoms with van der Waals surface area (Å²) >= 11 is 6.06. The fourth-order valence-corrected chi connectivity index (χ4v) is 4.67. The molecular formula is C24H21ClN4O3. The maximum atomic E-state index is 13.4. The number of non-ortho nitro benzene ring substituents is 1. The van der Waals surface area contributed by atoms with E-state index in [9.17, 15) is 20.2 Å². The molecule has 162 valence electrons. The number of hydrogen-bond acceptors (Lipinski definition) is 6. The molecule has 2 N–H and O–H groups in total. The number of benzene rings is 2. The lowest BCUT2D eigenvalue weighted by Crippen LogP contribution is -2.42. The van der Waals surface area contributed by atoms with Gasteiger partial charge in [-0.25, -0.2) is 0 Å². The molecule has 0 spiro atoms. The summed E-state index contributed by atoms with van der Waals surface area (Å²) in [6, 6.07) is 15.2. The molecule has 1 aliphatic heterocycles. The van der Waals surface area contributed by atoms with Crippen LogP contribution in [0, 0.1) is 26.9 Å². The molecule has 2 aromatic carbocycles. The van der Waals surface area contributed by atoms with Crippen LogP contribution in [0.25, 0.3) is 0 Å². The smallest absolute Gasteiger partial charge is 0.269 e. The molecule has 0 saturated carbocycles. The molecule has 7 nitrogen and oxygen atoms in total. The highest BCUT2D eigenvalue weighted by atomic mass is 35.5. The van der Waals surface area contributed by atoms with E-state index in [1.807, 2.05) is 13.8 Å². The second-order valence-corrected chi connectivity index (χ2v) is 9.25. The van der Waals surface area contributed by atoms with Gasteiger partial charge < -0.3 is 5.73 Å². The Hall–Kier alpha value is -3.63. The number of nitrogens with two attached hydrogens (primary N) is 1. The minimum Gasteiger partial charge on any atom is -0.384 e. The zero-order valence-electron chi connectivity index (χ0n) is 17.6. The van der Waals surface area contributed by atoms with Crippen molar-refractivity contribution in [2.24, 2.45) is 11.1 Å². The summed E-state index contributed by atoms with van der Waals surface area (Å²) in [4.78, 5) is 26.0. The first kappa shape index (κ1) is 21.6. The van der Waals surface area contributed by atoms with E-state index in [0.29, 0.717) is 40.4 Å². The number of hydrogen-bond donors (Lipinski definition) is 1. The molecule has 32 heavy (non-hydrogen) atoms. The van der Waals surface area contributed by atoms with E-state index < -0.39 is 10.8 Å². The van der Waals surface area contributed by atoms with E-state index in [1.54, 1.807) is 41.3 Å². The molecule has 2 aromatic rings. The number of rotatable bonds is 3. The van der Waals surface area contributed by atoms with Crippen molar-refractivity contribution in [2.75, 3.05) is 4.90 Å². The first-order valence-electron chi connectivity index (χ1n) is 10.1. The number of halogens is 1. The van der Waals surface area contributed by atoms with Crippen LogP contribution in [-0.2, 0) is 4.79 Å². The van der Waals surface area contributed by atoms with Gasteiger partial charge in [0.25, 0.3) is 5.69 Å². The van der Waals surface area contributed by atoms with E-state index in [4.69, 9.17) is 17.3 Å². The van der Waals surface area contributed by atoms with E-state index in [0.717, 1.165) is 0 Å². The Morgan fingerprint density at radius 3 is 2.53 bits per heavy atom. The topological polar surface area (TPSA) is 113 Å². The summed E-state index contributed by atoms with van der Waals surface area (Å²) in [5, 5.41) is 22.0. The number of nitro groups is 1. The Bertz CT molecular complexity index is 1240. The maximum Gasteiger partial charge on any atom is 0.269 e.